The number of alkyl halides is 4. The van der Waals surface area contributed by atoms with E-state index >= 15 is 0 Å². The van der Waals surface area contributed by atoms with Gasteiger partial charge < -0.3 is 0 Å². The molecule has 1 aromatic heterocycles. The highest BCUT2D eigenvalue weighted by atomic mass is 32.2. The molecule has 1 heterocycles. The molecule has 116 valence electrons. The summed E-state index contributed by atoms with van der Waals surface area (Å²) in [5.41, 5.74) is 0.242. The minimum Gasteiger partial charge on any atom is -0.209 e. The van der Waals surface area contributed by atoms with Gasteiger partial charge in [-0.2, -0.15) is 13.1 Å². The molecular formula is C10H9F4N3O2S2. The number of hydrogen-bond donors (Lipinski definition) is 0. The third-order valence-electron chi connectivity index (χ3n) is 2.55. The molecule has 0 bridgehead atoms. The number of fused-ring (bicyclic) bond motifs is 1. The van der Waals surface area contributed by atoms with Gasteiger partial charge in [-0.15, -0.1) is 0 Å². The van der Waals surface area contributed by atoms with E-state index in [0.29, 0.717) is 0 Å². The first-order chi connectivity index (χ1) is 9.82. The van der Waals surface area contributed by atoms with E-state index in [4.69, 9.17) is 0 Å². The molecular weight excluding hydrogens is 334 g/mol. The number of rotatable bonds is 6. The van der Waals surface area contributed by atoms with Crippen LogP contribution in [0.2, 0.25) is 0 Å². The minimum atomic E-state index is -4.51. The Morgan fingerprint density at radius 1 is 1.10 bits per heavy atom. The summed E-state index contributed by atoms with van der Waals surface area (Å²) in [6.07, 6.45) is -6.13. The van der Waals surface area contributed by atoms with Crippen LogP contribution in [0, 0.1) is 0 Å². The average Bonchev–Trinajstić information content (AvgIpc) is 2.84. The zero-order valence-corrected chi connectivity index (χ0v) is 11.9. The van der Waals surface area contributed by atoms with E-state index in [1.54, 1.807) is 0 Å². The summed E-state index contributed by atoms with van der Waals surface area (Å²) in [6.45, 7) is -2.61. The van der Waals surface area contributed by atoms with Crippen molar-refractivity contribution < 1.29 is 26.0 Å². The SMILES string of the molecule is O=S(=O)(c1cccc2nsnc12)N(CC(F)F)CC(F)F. The van der Waals surface area contributed by atoms with Crippen LogP contribution < -0.4 is 0 Å². The summed E-state index contributed by atoms with van der Waals surface area (Å²) in [6, 6.07) is 3.96. The minimum absolute atomic E-state index is 0.0176. The first kappa shape index (κ1) is 16.0. The van der Waals surface area contributed by atoms with E-state index in [2.05, 4.69) is 8.75 Å². The van der Waals surface area contributed by atoms with Gasteiger partial charge in [0.15, 0.2) is 0 Å². The van der Waals surface area contributed by atoms with Gasteiger partial charge in [0.05, 0.1) is 24.8 Å². The first-order valence-electron chi connectivity index (χ1n) is 5.60. The molecule has 0 fully saturated rings. The lowest BCUT2D eigenvalue weighted by Crippen LogP contribution is -2.38. The van der Waals surface area contributed by atoms with Gasteiger partial charge in [-0.05, 0) is 12.1 Å². The molecule has 0 N–H and O–H groups in total. The third-order valence-corrected chi connectivity index (χ3v) is 4.96. The standard InChI is InChI=1S/C10H9F4N3O2S2/c11-8(12)4-17(5-9(13)14)21(18,19)7-3-1-2-6-10(7)16-20-15-6/h1-3,8-9H,4-5H2. The van der Waals surface area contributed by atoms with E-state index in [9.17, 15) is 26.0 Å². The quantitative estimate of drug-likeness (QED) is 0.755. The highest BCUT2D eigenvalue weighted by Gasteiger charge is 2.31. The second-order valence-electron chi connectivity index (χ2n) is 3.99. The number of benzene rings is 1. The van der Waals surface area contributed by atoms with Crippen molar-refractivity contribution in [2.45, 2.75) is 17.7 Å². The largest absolute Gasteiger partial charge is 0.252 e. The van der Waals surface area contributed by atoms with Gasteiger partial charge in [0.2, 0.25) is 10.0 Å². The van der Waals surface area contributed by atoms with Crippen LogP contribution in [0.5, 0.6) is 0 Å². The molecule has 0 atom stereocenters. The summed E-state index contributed by atoms with van der Waals surface area (Å²) >= 11 is 0.743. The maximum atomic E-state index is 12.5. The van der Waals surface area contributed by atoms with Crippen molar-refractivity contribution in [2.24, 2.45) is 0 Å². The molecule has 11 heteroatoms. The van der Waals surface area contributed by atoms with Gasteiger partial charge in [0, 0.05) is 0 Å². The monoisotopic (exact) mass is 343 g/mol. The second-order valence-corrected chi connectivity index (χ2v) is 6.43. The van der Waals surface area contributed by atoms with Crippen LogP contribution >= 0.6 is 11.7 Å². The van der Waals surface area contributed by atoms with Crippen molar-refractivity contribution in [1.82, 2.24) is 13.1 Å². The molecule has 0 spiro atoms. The Bertz CT molecular complexity index is 710. The Kier molecular flexibility index (Phi) is 4.74. The van der Waals surface area contributed by atoms with E-state index in [1.165, 1.54) is 12.1 Å². The highest BCUT2D eigenvalue weighted by Crippen LogP contribution is 2.25. The fraction of sp³-hybridized carbons (Fsp3) is 0.400. The van der Waals surface area contributed by atoms with Crippen molar-refractivity contribution in [3.63, 3.8) is 0 Å². The van der Waals surface area contributed by atoms with Crippen LogP contribution in [0.1, 0.15) is 0 Å². The predicted octanol–water partition coefficient (Wildman–Crippen LogP) is 2.21. The van der Waals surface area contributed by atoms with Crippen LogP contribution in [-0.2, 0) is 10.0 Å². The first-order valence-corrected chi connectivity index (χ1v) is 7.77. The van der Waals surface area contributed by atoms with Gasteiger partial charge in [-0.25, -0.2) is 26.0 Å². The second kappa shape index (κ2) is 6.20. The number of aromatic nitrogens is 2. The van der Waals surface area contributed by atoms with Crippen molar-refractivity contribution in [3.8, 4) is 0 Å². The molecule has 0 radical (unpaired) electrons. The van der Waals surface area contributed by atoms with Crippen molar-refractivity contribution in [1.29, 1.82) is 0 Å². The maximum absolute atomic E-state index is 12.5. The average molecular weight is 343 g/mol. The predicted molar refractivity (Wildman–Crippen MR) is 68.2 cm³/mol. The fourth-order valence-electron chi connectivity index (χ4n) is 1.71. The molecule has 1 aromatic carbocycles. The molecule has 21 heavy (non-hydrogen) atoms. The van der Waals surface area contributed by atoms with Gasteiger partial charge in [-0.1, -0.05) is 6.07 Å². The Hall–Kier alpha value is -1.33. The third kappa shape index (κ3) is 3.47. The molecule has 0 aliphatic rings. The molecule has 5 nitrogen and oxygen atoms in total. The Labute approximate surface area is 121 Å². The molecule has 0 saturated carbocycles. The van der Waals surface area contributed by atoms with Crippen molar-refractivity contribution >= 4 is 32.8 Å². The van der Waals surface area contributed by atoms with Crippen molar-refractivity contribution in [2.75, 3.05) is 13.1 Å². The Morgan fingerprint density at radius 2 is 1.71 bits per heavy atom. The number of sulfonamides is 1. The number of halogens is 4. The highest BCUT2D eigenvalue weighted by molar-refractivity contribution is 7.89. The zero-order valence-electron chi connectivity index (χ0n) is 10.3. The molecule has 0 amide bonds. The number of hydrogen-bond acceptors (Lipinski definition) is 5. The lowest BCUT2D eigenvalue weighted by molar-refractivity contribution is 0.0794. The van der Waals surface area contributed by atoms with Gasteiger partial charge in [0.1, 0.15) is 15.9 Å². The van der Waals surface area contributed by atoms with Crippen molar-refractivity contribution in [3.05, 3.63) is 18.2 Å². The molecule has 0 aliphatic carbocycles. The smallest absolute Gasteiger partial charge is 0.209 e. The van der Waals surface area contributed by atoms with Crippen LogP contribution in [-0.4, -0.2) is 47.4 Å². The summed E-state index contributed by atoms with van der Waals surface area (Å²) in [5, 5.41) is 0. The normalized spacial score (nSPS) is 12.9. The summed E-state index contributed by atoms with van der Waals surface area (Å²) in [7, 11) is -4.51. The van der Waals surface area contributed by atoms with Gasteiger partial charge >= 0.3 is 0 Å². The van der Waals surface area contributed by atoms with Crippen LogP contribution in [0.15, 0.2) is 23.1 Å². The van der Waals surface area contributed by atoms with E-state index in [0.717, 1.165) is 17.8 Å². The lowest BCUT2D eigenvalue weighted by Gasteiger charge is -2.21. The molecule has 0 aliphatic heterocycles. The van der Waals surface area contributed by atoms with E-state index < -0.39 is 40.9 Å². The molecule has 0 unspecified atom stereocenters. The van der Waals surface area contributed by atoms with Crippen LogP contribution in [0.4, 0.5) is 17.6 Å². The zero-order chi connectivity index (χ0) is 15.6. The summed E-state index contributed by atoms with van der Waals surface area (Å²) in [5.74, 6) is 0. The molecule has 2 rings (SSSR count). The van der Waals surface area contributed by atoms with E-state index in [1.807, 2.05) is 0 Å². The number of nitrogens with zero attached hydrogens (tertiary/aromatic N) is 3. The molecule has 0 saturated heterocycles. The fourth-order valence-corrected chi connectivity index (χ4v) is 3.86. The topological polar surface area (TPSA) is 63.2 Å². The van der Waals surface area contributed by atoms with Gasteiger partial charge in [0.25, 0.3) is 12.9 Å². The lowest BCUT2D eigenvalue weighted by atomic mass is 10.3. The van der Waals surface area contributed by atoms with Gasteiger partial charge in [-0.3, -0.25) is 0 Å². The Morgan fingerprint density at radius 3 is 2.29 bits per heavy atom. The van der Waals surface area contributed by atoms with Crippen LogP contribution in [0.25, 0.3) is 11.0 Å². The summed E-state index contributed by atoms with van der Waals surface area (Å²) < 4.78 is 82.1. The molecule has 2 aromatic rings. The summed E-state index contributed by atoms with van der Waals surface area (Å²) in [4.78, 5) is -0.407. The van der Waals surface area contributed by atoms with Crippen LogP contribution in [0.3, 0.4) is 0 Å². The maximum Gasteiger partial charge on any atom is 0.252 e. The Balaban J connectivity index is 2.49. The van der Waals surface area contributed by atoms with E-state index in [-0.39, 0.29) is 15.3 Å².